The van der Waals surface area contributed by atoms with Crippen molar-refractivity contribution in [2.45, 2.75) is 6.92 Å². The molecule has 132 valence electrons. The minimum atomic E-state index is -0.785. The fraction of sp³-hybridized carbons (Fsp3) is 0.529. The molecular formula is C17H25FN4O2. The van der Waals surface area contributed by atoms with Gasteiger partial charge in [0, 0.05) is 45.0 Å². The van der Waals surface area contributed by atoms with E-state index >= 15 is 0 Å². The molecule has 0 saturated carbocycles. The molecule has 0 spiro atoms. The molecule has 2 N–H and O–H groups in total. The third-order valence-electron chi connectivity index (χ3n) is 4.07. The van der Waals surface area contributed by atoms with E-state index in [2.05, 4.69) is 27.5 Å². The molecule has 2 amide bonds. The van der Waals surface area contributed by atoms with Crippen LogP contribution in [0.2, 0.25) is 0 Å². The lowest BCUT2D eigenvalue weighted by Crippen LogP contribution is -2.47. The van der Waals surface area contributed by atoms with E-state index in [0.29, 0.717) is 6.54 Å². The summed E-state index contributed by atoms with van der Waals surface area (Å²) >= 11 is 0. The van der Waals surface area contributed by atoms with Crippen LogP contribution in [0.5, 0.6) is 0 Å². The predicted molar refractivity (Wildman–Crippen MR) is 91.1 cm³/mol. The minimum Gasteiger partial charge on any atom is -0.348 e. The zero-order valence-electron chi connectivity index (χ0n) is 14.2. The maximum atomic E-state index is 13.1. The van der Waals surface area contributed by atoms with E-state index in [1.54, 1.807) is 0 Å². The van der Waals surface area contributed by atoms with Gasteiger partial charge in [0.05, 0.1) is 0 Å². The van der Waals surface area contributed by atoms with Gasteiger partial charge in [-0.05, 0) is 31.2 Å². The molecule has 6 nitrogen and oxygen atoms in total. The number of amides is 2. The standard InChI is InChI=1S/C17H25FN4O2/c1-13(12-22-8-6-21(2)7-9-22)11-19-16(23)17(24)20-15-5-3-4-14(18)10-15/h3-5,10,13H,6-9,11-12H2,1-2H3,(H,19,23)(H,20,24). The molecule has 0 aromatic heterocycles. The van der Waals surface area contributed by atoms with E-state index in [9.17, 15) is 14.0 Å². The molecule has 0 bridgehead atoms. The molecule has 7 heteroatoms. The van der Waals surface area contributed by atoms with Crippen molar-refractivity contribution in [3.8, 4) is 0 Å². The smallest absolute Gasteiger partial charge is 0.313 e. The van der Waals surface area contributed by atoms with Crippen LogP contribution >= 0.6 is 0 Å². The molecule has 1 fully saturated rings. The molecule has 1 aromatic rings. The molecule has 1 aliphatic heterocycles. The van der Waals surface area contributed by atoms with Crippen molar-refractivity contribution in [1.29, 1.82) is 0 Å². The summed E-state index contributed by atoms with van der Waals surface area (Å²) in [6.45, 7) is 7.51. The Balaban J connectivity index is 1.70. The van der Waals surface area contributed by atoms with E-state index in [4.69, 9.17) is 0 Å². The molecule has 1 aromatic carbocycles. The van der Waals surface area contributed by atoms with Gasteiger partial charge in [0.25, 0.3) is 0 Å². The lowest BCUT2D eigenvalue weighted by molar-refractivity contribution is -0.136. The van der Waals surface area contributed by atoms with Gasteiger partial charge in [-0.25, -0.2) is 4.39 Å². The number of rotatable bonds is 5. The molecule has 1 unspecified atom stereocenters. The maximum Gasteiger partial charge on any atom is 0.313 e. The summed E-state index contributed by atoms with van der Waals surface area (Å²) in [4.78, 5) is 28.3. The summed E-state index contributed by atoms with van der Waals surface area (Å²) < 4.78 is 13.1. The fourth-order valence-electron chi connectivity index (χ4n) is 2.64. The van der Waals surface area contributed by atoms with Crippen molar-refractivity contribution in [3.05, 3.63) is 30.1 Å². The van der Waals surface area contributed by atoms with Crippen molar-refractivity contribution < 1.29 is 14.0 Å². The molecule has 24 heavy (non-hydrogen) atoms. The van der Waals surface area contributed by atoms with Gasteiger partial charge in [0.1, 0.15) is 5.82 Å². The van der Waals surface area contributed by atoms with Crippen LogP contribution in [0, 0.1) is 11.7 Å². The largest absolute Gasteiger partial charge is 0.348 e. The monoisotopic (exact) mass is 336 g/mol. The molecule has 1 atom stereocenters. The van der Waals surface area contributed by atoms with E-state index in [0.717, 1.165) is 32.7 Å². The molecule has 1 aliphatic rings. The Kier molecular flexibility index (Phi) is 6.69. The van der Waals surface area contributed by atoms with Crippen LogP contribution < -0.4 is 10.6 Å². The van der Waals surface area contributed by atoms with Crippen molar-refractivity contribution in [2.24, 2.45) is 5.92 Å². The van der Waals surface area contributed by atoms with E-state index in [1.165, 1.54) is 24.3 Å². The molecule has 1 heterocycles. The van der Waals surface area contributed by atoms with Gasteiger partial charge in [-0.15, -0.1) is 0 Å². The van der Waals surface area contributed by atoms with Crippen LogP contribution in [0.15, 0.2) is 24.3 Å². The number of likely N-dealkylation sites (N-methyl/N-ethyl adjacent to an activating group) is 1. The highest BCUT2D eigenvalue weighted by atomic mass is 19.1. The number of halogens is 1. The van der Waals surface area contributed by atoms with Crippen LogP contribution in [0.1, 0.15) is 6.92 Å². The van der Waals surface area contributed by atoms with Crippen LogP contribution in [0.25, 0.3) is 0 Å². The number of carbonyl (C=O) groups excluding carboxylic acids is 2. The Hall–Kier alpha value is -1.99. The number of hydrogen-bond acceptors (Lipinski definition) is 4. The van der Waals surface area contributed by atoms with Gasteiger partial charge >= 0.3 is 11.8 Å². The van der Waals surface area contributed by atoms with E-state index in [1.807, 2.05) is 6.92 Å². The quantitative estimate of drug-likeness (QED) is 0.780. The molecular weight excluding hydrogens is 311 g/mol. The van der Waals surface area contributed by atoms with Crippen LogP contribution in [0.3, 0.4) is 0 Å². The van der Waals surface area contributed by atoms with Crippen molar-refractivity contribution in [1.82, 2.24) is 15.1 Å². The summed E-state index contributed by atoms with van der Waals surface area (Å²) in [5, 5.41) is 5.02. The Morgan fingerprint density at radius 3 is 2.58 bits per heavy atom. The highest BCUT2D eigenvalue weighted by Gasteiger charge is 2.18. The second-order valence-electron chi connectivity index (χ2n) is 6.38. The predicted octanol–water partition coefficient (Wildman–Crippen LogP) is 0.764. The SMILES string of the molecule is CC(CNC(=O)C(=O)Nc1cccc(F)c1)CN1CCN(C)CC1. The second-order valence-corrected chi connectivity index (χ2v) is 6.38. The zero-order chi connectivity index (χ0) is 17.5. The first kappa shape index (κ1) is 18.4. The van der Waals surface area contributed by atoms with Gasteiger partial charge in [-0.2, -0.15) is 0 Å². The summed E-state index contributed by atoms with van der Waals surface area (Å²) in [6.07, 6.45) is 0. The first-order valence-corrected chi connectivity index (χ1v) is 8.19. The molecule has 0 radical (unpaired) electrons. The summed E-state index contributed by atoms with van der Waals surface area (Å²) in [6, 6.07) is 5.45. The Morgan fingerprint density at radius 2 is 1.92 bits per heavy atom. The normalized spacial score (nSPS) is 17.3. The average Bonchev–Trinajstić information content (AvgIpc) is 2.54. The van der Waals surface area contributed by atoms with Crippen LogP contribution in [-0.4, -0.2) is 67.9 Å². The average molecular weight is 336 g/mol. The number of hydrogen-bond donors (Lipinski definition) is 2. The summed E-state index contributed by atoms with van der Waals surface area (Å²) in [5.41, 5.74) is 0.264. The summed E-state index contributed by atoms with van der Waals surface area (Å²) in [5.74, 6) is -1.70. The minimum absolute atomic E-state index is 0.249. The lowest BCUT2D eigenvalue weighted by atomic mass is 10.1. The van der Waals surface area contributed by atoms with Crippen molar-refractivity contribution in [3.63, 3.8) is 0 Å². The lowest BCUT2D eigenvalue weighted by Gasteiger charge is -2.33. The highest BCUT2D eigenvalue weighted by molar-refractivity contribution is 6.39. The third kappa shape index (κ3) is 5.90. The molecule has 2 rings (SSSR count). The fourth-order valence-corrected chi connectivity index (χ4v) is 2.64. The summed E-state index contributed by atoms with van der Waals surface area (Å²) in [7, 11) is 2.11. The van der Waals surface area contributed by atoms with Gasteiger partial charge in [0.2, 0.25) is 0 Å². The van der Waals surface area contributed by atoms with Crippen molar-refractivity contribution >= 4 is 17.5 Å². The zero-order valence-corrected chi connectivity index (χ0v) is 14.2. The Morgan fingerprint density at radius 1 is 1.21 bits per heavy atom. The van der Waals surface area contributed by atoms with Gasteiger partial charge in [-0.3, -0.25) is 9.59 Å². The van der Waals surface area contributed by atoms with Crippen molar-refractivity contribution in [2.75, 3.05) is 51.6 Å². The number of nitrogens with zero attached hydrogens (tertiary/aromatic N) is 2. The van der Waals surface area contributed by atoms with E-state index < -0.39 is 17.6 Å². The number of carbonyl (C=O) groups is 2. The first-order chi connectivity index (χ1) is 11.4. The molecule has 1 saturated heterocycles. The van der Waals surface area contributed by atoms with Gasteiger partial charge in [0.15, 0.2) is 0 Å². The Bertz CT molecular complexity index is 573. The van der Waals surface area contributed by atoms with Crippen LogP contribution in [0.4, 0.5) is 10.1 Å². The van der Waals surface area contributed by atoms with Gasteiger partial charge < -0.3 is 20.4 Å². The number of anilines is 1. The maximum absolute atomic E-state index is 13.1. The first-order valence-electron chi connectivity index (χ1n) is 8.19. The number of piperazine rings is 1. The van der Waals surface area contributed by atoms with Crippen LogP contribution in [-0.2, 0) is 9.59 Å². The molecule has 0 aliphatic carbocycles. The van der Waals surface area contributed by atoms with Gasteiger partial charge in [-0.1, -0.05) is 13.0 Å². The Labute approximate surface area is 142 Å². The van der Waals surface area contributed by atoms with E-state index in [-0.39, 0.29) is 11.6 Å². The number of nitrogens with one attached hydrogen (secondary N) is 2. The number of benzene rings is 1. The third-order valence-corrected chi connectivity index (χ3v) is 4.07. The highest BCUT2D eigenvalue weighted by Crippen LogP contribution is 2.09. The second kappa shape index (κ2) is 8.75. The topological polar surface area (TPSA) is 64.7 Å².